The predicted octanol–water partition coefficient (Wildman–Crippen LogP) is 26.5. The Morgan fingerprint density at radius 2 is 0.481 bits per heavy atom. The van der Waals surface area contributed by atoms with E-state index in [1.807, 2.05) is 0 Å². The summed E-state index contributed by atoms with van der Waals surface area (Å²) in [4.78, 5) is 73.2. The number of ether oxygens (including phenoxy) is 4. The monoisotopic (exact) mass is 1550 g/mol. The number of phosphoric acid groups is 2. The Balaban J connectivity index is 5.23. The van der Waals surface area contributed by atoms with Crippen LogP contribution in [0.2, 0.25) is 0 Å². The van der Waals surface area contributed by atoms with Crippen LogP contribution in [0.3, 0.4) is 0 Å². The maximum atomic E-state index is 13.2. The van der Waals surface area contributed by atoms with Crippen LogP contribution in [0.15, 0.2) is 0 Å². The van der Waals surface area contributed by atoms with Crippen LogP contribution < -0.4 is 0 Å². The minimum atomic E-state index is -4.97. The number of esters is 4. The van der Waals surface area contributed by atoms with Gasteiger partial charge in [0.1, 0.15) is 19.3 Å². The fraction of sp³-hybridized carbons (Fsp3) is 0.954. The summed E-state index contributed by atoms with van der Waals surface area (Å²) in [5.74, 6) is 0.366. The molecule has 0 bridgehead atoms. The van der Waals surface area contributed by atoms with Crippen LogP contribution in [0.1, 0.15) is 459 Å². The van der Waals surface area contributed by atoms with Crippen LogP contribution >= 0.6 is 15.6 Å². The quantitative estimate of drug-likeness (QED) is 0.0222. The highest BCUT2D eigenvalue weighted by molar-refractivity contribution is 7.47. The number of hydrogen-bond donors (Lipinski definition) is 3. The number of carbonyl (C=O) groups is 4. The van der Waals surface area contributed by atoms with E-state index < -0.39 is 97.5 Å². The molecule has 0 aliphatic heterocycles. The molecule has 0 spiro atoms. The number of aliphatic hydroxyl groups is 1. The highest BCUT2D eigenvalue weighted by atomic mass is 31.2. The molecule has 19 heteroatoms. The molecule has 106 heavy (non-hydrogen) atoms. The average Bonchev–Trinajstić information content (AvgIpc) is 0.899. The molecule has 0 aliphatic carbocycles. The van der Waals surface area contributed by atoms with E-state index in [1.165, 1.54) is 270 Å². The summed E-state index contributed by atoms with van der Waals surface area (Å²) in [7, 11) is -9.93. The van der Waals surface area contributed by atoms with Crippen LogP contribution in [0.5, 0.6) is 0 Å². The zero-order valence-corrected chi connectivity index (χ0v) is 71.7. The molecule has 0 heterocycles. The number of unbranched alkanes of at least 4 members (excludes halogenated alkanes) is 52. The lowest BCUT2D eigenvalue weighted by Crippen LogP contribution is -2.30. The molecule has 17 nitrogen and oxygen atoms in total. The number of rotatable bonds is 85. The standard InChI is InChI=1S/C87H170O17P2/c1-8-10-11-12-13-14-40-47-54-61-68-84(89)97-74-82(103-87(92)71-64-57-50-43-36-30-24-23-27-33-39-46-53-60-67-80(7)9-2)76-101-105(93,94)99-72-81(88)73-100-106(95,96)102-77-83(104-86(91)70-63-56-49-42-35-29-22-18-16-20-26-32-38-45-52-59-66-79(5)6)75-98-85(90)69-62-55-48-41-34-28-21-17-15-19-25-31-37-44-51-58-65-78(3)4/h78-83,88H,8-77H2,1-7H3,(H,93,94)(H,95,96)/t80?,81-,82+,83+/m0/s1. The molecule has 0 aliphatic rings. The number of hydrogen-bond acceptors (Lipinski definition) is 15. The number of aliphatic hydroxyl groups excluding tert-OH is 1. The summed E-state index contributed by atoms with van der Waals surface area (Å²) in [6.07, 6.45) is 67.9. The minimum absolute atomic E-state index is 0.108. The molecule has 0 aromatic carbocycles. The van der Waals surface area contributed by atoms with Crippen molar-refractivity contribution in [2.45, 2.75) is 478 Å². The fourth-order valence-corrected chi connectivity index (χ4v) is 15.1. The Labute approximate surface area is 651 Å². The molecule has 630 valence electrons. The minimum Gasteiger partial charge on any atom is -0.462 e. The second kappa shape index (κ2) is 77.0. The van der Waals surface area contributed by atoms with Crippen molar-refractivity contribution < 1.29 is 80.2 Å². The highest BCUT2D eigenvalue weighted by Gasteiger charge is 2.31. The van der Waals surface area contributed by atoms with Gasteiger partial charge in [0.2, 0.25) is 0 Å². The normalized spacial score (nSPS) is 14.1. The molecule has 0 rings (SSSR count). The van der Waals surface area contributed by atoms with Crippen LogP contribution in [-0.4, -0.2) is 96.7 Å². The second-order valence-corrected chi connectivity index (χ2v) is 35.4. The topological polar surface area (TPSA) is 237 Å². The predicted molar refractivity (Wildman–Crippen MR) is 437 cm³/mol. The first kappa shape index (κ1) is 104. The van der Waals surface area contributed by atoms with E-state index in [9.17, 15) is 43.2 Å². The van der Waals surface area contributed by atoms with E-state index in [0.29, 0.717) is 25.7 Å². The van der Waals surface area contributed by atoms with Gasteiger partial charge < -0.3 is 33.8 Å². The van der Waals surface area contributed by atoms with Gasteiger partial charge in [0.25, 0.3) is 0 Å². The summed E-state index contributed by atoms with van der Waals surface area (Å²) < 4.78 is 68.9. The van der Waals surface area contributed by atoms with E-state index in [-0.39, 0.29) is 25.7 Å². The SMILES string of the molecule is CCCCCCCCCCCCC(=O)OC[C@H](COP(=O)(O)OC[C@H](O)COP(=O)(O)OC[C@@H](COC(=O)CCCCCCCCCCCCCCCCCCC(C)C)OC(=O)CCCCCCCCCCCCCCCCCCC(C)C)OC(=O)CCCCCCCCCCCCCCCCC(C)CC. The Morgan fingerprint density at radius 3 is 0.717 bits per heavy atom. The molecule has 0 fully saturated rings. The molecule has 0 saturated heterocycles. The number of carbonyl (C=O) groups excluding carboxylic acids is 4. The number of phosphoric ester groups is 2. The van der Waals surface area contributed by atoms with E-state index in [2.05, 4.69) is 48.5 Å². The molecule has 0 aromatic heterocycles. The van der Waals surface area contributed by atoms with Crippen molar-refractivity contribution in [3.63, 3.8) is 0 Å². The Hall–Kier alpha value is -1.94. The molecular weight excluding hydrogens is 1380 g/mol. The Morgan fingerprint density at radius 1 is 0.274 bits per heavy atom. The maximum Gasteiger partial charge on any atom is 0.472 e. The van der Waals surface area contributed by atoms with Gasteiger partial charge in [-0.25, -0.2) is 9.13 Å². The zero-order chi connectivity index (χ0) is 77.9. The second-order valence-electron chi connectivity index (χ2n) is 32.5. The maximum absolute atomic E-state index is 13.2. The van der Waals surface area contributed by atoms with Gasteiger partial charge in [-0.1, -0.05) is 408 Å². The van der Waals surface area contributed by atoms with Crippen molar-refractivity contribution in [3.05, 3.63) is 0 Å². The van der Waals surface area contributed by atoms with Crippen LogP contribution in [0.4, 0.5) is 0 Å². The van der Waals surface area contributed by atoms with Crippen molar-refractivity contribution in [2.24, 2.45) is 17.8 Å². The lowest BCUT2D eigenvalue weighted by atomic mass is 9.99. The first-order valence-corrected chi connectivity index (χ1v) is 47.9. The van der Waals surface area contributed by atoms with Crippen LogP contribution in [-0.2, 0) is 65.4 Å². The molecule has 0 radical (unpaired) electrons. The van der Waals surface area contributed by atoms with Gasteiger partial charge in [0, 0.05) is 25.7 Å². The zero-order valence-electron chi connectivity index (χ0n) is 69.9. The molecule has 6 atom stereocenters. The average molecular weight is 1550 g/mol. The first-order chi connectivity index (χ1) is 51.3. The van der Waals surface area contributed by atoms with Crippen molar-refractivity contribution >= 4 is 39.5 Å². The first-order valence-electron chi connectivity index (χ1n) is 44.9. The molecule has 0 amide bonds. The van der Waals surface area contributed by atoms with Gasteiger partial charge in [-0.2, -0.15) is 0 Å². The van der Waals surface area contributed by atoms with Crippen LogP contribution in [0, 0.1) is 17.8 Å². The Kier molecular flexibility index (Phi) is 75.6. The molecular formula is C87H170O17P2. The summed E-state index contributed by atoms with van der Waals surface area (Å²) >= 11 is 0. The van der Waals surface area contributed by atoms with Gasteiger partial charge in [-0.05, 0) is 43.4 Å². The summed E-state index contributed by atoms with van der Waals surface area (Å²) in [5.41, 5.74) is 0. The van der Waals surface area contributed by atoms with Gasteiger partial charge in [0.05, 0.1) is 26.4 Å². The molecule has 0 aromatic rings. The van der Waals surface area contributed by atoms with Gasteiger partial charge in [0.15, 0.2) is 12.2 Å². The fourth-order valence-electron chi connectivity index (χ4n) is 13.5. The van der Waals surface area contributed by atoms with Gasteiger partial charge in [-0.15, -0.1) is 0 Å². The van der Waals surface area contributed by atoms with Crippen LogP contribution in [0.25, 0.3) is 0 Å². The van der Waals surface area contributed by atoms with Gasteiger partial charge in [-0.3, -0.25) is 37.3 Å². The Bertz CT molecular complexity index is 2050. The third-order valence-electron chi connectivity index (χ3n) is 20.7. The highest BCUT2D eigenvalue weighted by Crippen LogP contribution is 2.45. The van der Waals surface area contributed by atoms with Crippen molar-refractivity contribution in [2.75, 3.05) is 39.6 Å². The van der Waals surface area contributed by atoms with E-state index in [4.69, 9.17) is 37.0 Å². The third kappa shape index (κ3) is 78.7. The lowest BCUT2D eigenvalue weighted by molar-refractivity contribution is -0.161. The van der Waals surface area contributed by atoms with Crippen molar-refractivity contribution in [1.82, 2.24) is 0 Å². The van der Waals surface area contributed by atoms with E-state index in [1.54, 1.807) is 0 Å². The largest absolute Gasteiger partial charge is 0.472 e. The molecule has 3 N–H and O–H groups in total. The van der Waals surface area contributed by atoms with Crippen molar-refractivity contribution in [1.29, 1.82) is 0 Å². The summed E-state index contributed by atoms with van der Waals surface area (Å²) in [5, 5.41) is 10.7. The lowest BCUT2D eigenvalue weighted by Gasteiger charge is -2.21. The molecule has 0 saturated carbocycles. The molecule has 3 unspecified atom stereocenters. The van der Waals surface area contributed by atoms with Crippen molar-refractivity contribution in [3.8, 4) is 0 Å². The smallest absolute Gasteiger partial charge is 0.462 e. The van der Waals surface area contributed by atoms with E-state index in [0.717, 1.165) is 108 Å². The van der Waals surface area contributed by atoms with Gasteiger partial charge >= 0.3 is 39.5 Å². The van der Waals surface area contributed by atoms with E-state index >= 15 is 0 Å². The summed E-state index contributed by atoms with van der Waals surface area (Å²) in [6.45, 7) is 12.1. The third-order valence-corrected chi connectivity index (χ3v) is 22.6. The summed E-state index contributed by atoms with van der Waals surface area (Å²) in [6, 6.07) is 0.